The van der Waals surface area contributed by atoms with E-state index in [4.69, 9.17) is 9.47 Å². The number of carbonyl (C=O) groups is 1. The molecule has 1 amide bonds. The predicted octanol–water partition coefficient (Wildman–Crippen LogP) is 3.16. The van der Waals surface area contributed by atoms with E-state index >= 15 is 0 Å². The zero-order chi connectivity index (χ0) is 19.8. The summed E-state index contributed by atoms with van der Waals surface area (Å²) in [7, 11) is 3.25. The normalized spacial score (nSPS) is 14.3. The highest BCUT2D eigenvalue weighted by Crippen LogP contribution is 2.27. The SMILES string of the molecule is COc1ccc(CCNc2nccc(C(=O)N3CCCCCC3)n2)cc1OC. The molecule has 1 aromatic heterocycles. The van der Waals surface area contributed by atoms with E-state index < -0.39 is 0 Å². The van der Waals surface area contributed by atoms with Gasteiger partial charge in [0.1, 0.15) is 5.69 Å². The lowest BCUT2D eigenvalue weighted by atomic mass is 10.1. The monoisotopic (exact) mass is 384 g/mol. The van der Waals surface area contributed by atoms with Crippen LogP contribution in [0.25, 0.3) is 0 Å². The molecule has 7 heteroatoms. The third-order valence-corrected chi connectivity index (χ3v) is 4.91. The van der Waals surface area contributed by atoms with Crippen molar-refractivity contribution < 1.29 is 14.3 Å². The van der Waals surface area contributed by atoms with Gasteiger partial charge in [-0.25, -0.2) is 9.97 Å². The maximum atomic E-state index is 12.7. The number of nitrogens with one attached hydrogen (secondary N) is 1. The third-order valence-electron chi connectivity index (χ3n) is 4.91. The molecule has 0 aliphatic carbocycles. The highest BCUT2D eigenvalue weighted by molar-refractivity contribution is 5.92. The van der Waals surface area contributed by atoms with Gasteiger partial charge in [-0.05, 0) is 43.0 Å². The Morgan fingerprint density at radius 3 is 2.54 bits per heavy atom. The number of rotatable bonds is 7. The third kappa shape index (κ3) is 5.12. The number of benzene rings is 1. The predicted molar refractivity (Wildman–Crippen MR) is 108 cm³/mol. The summed E-state index contributed by atoms with van der Waals surface area (Å²) in [4.78, 5) is 23.3. The lowest BCUT2D eigenvalue weighted by Crippen LogP contribution is -2.32. The van der Waals surface area contributed by atoms with Crippen molar-refractivity contribution in [3.63, 3.8) is 0 Å². The number of carbonyl (C=O) groups excluding carboxylic acids is 1. The molecule has 7 nitrogen and oxygen atoms in total. The Labute approximate surface area is 166 Å². The van der Waals surface area contributed by atoms with Gasteiger partial charge >= 0.3 is 0 Å². The molecule has 3 rings (SSSR count). The van der Waals surface area contributed by atoms with Crippen LogP contribution in [0.5, 0.6) is 11.5 Å². The van der Waals surface area contributed by atoms with Crippen LogP contribution in [0, 0.1) is 0 Å². The van der Waals surface area contributed by atoms with E-state index in [2.05, 4.69) is 15.3 Å². The van der Waals surface area contributed by atoms with Crippen LogP contribution in [0.4, 0.5) is 5.95 Å². The van der Waals surface area contributed by atoms with Gasteiger partial charge < -0.3 is 19.7 Å². The highest BCUT2D eigenvalue weighted by Gasteiger charge is 2.18. The Bertz CT molecular complexity index is 789. The molecule has 0 saturated carbocycles. The van der Waals surface area contributed by atoms with Gasteiger partial charge in [-0.15, -0.1) is 0 Å². The van der Waals surface area contributed by atoms with Crippen molar-refractivity contribution in [1.29, 1.82) is 0 Å². The Balaban J connectivity index is 1.58. The molecule has 28 heavy (non-hydrogen) atoms. The van der Waals surface area contributed by atoms with Crippen LogP contribution < -0.4 is 14.8 Å². The smallest absolute Gasteiger partial charge is 0.272 e. The van der Waals surface area contributed by atoms with E-state index in [1.54, 1.807) is 26.5 Å². The minimum Gasteiger partial charge on any atom is -0.493 e. The van der Waals surface area contributed by atoms with Gasteiger partial charge in [0.25, 0.3) is 5.91 Å². The quantitative estimate of drug-likeness (QED) is 0.790. The van der Waals surface area contributed by atoms with Crippen LogP contribution in [0.3, 0.4) is 0 Å². The zero-order valence-electron chi connectivity index (χ0n) is 16.6. The molecule has 0 bridgehead atoms. The number of anilines is 1. The fraction of sp³-hybridized carbons (Fsp3) is 0.476. The van der Waals surface area contributed by atoms with E-state index in [0.717, 1.165) is 37.9 Å². The number of nitrogens with zero attached hydrogens (tertiary/aromatic N) is 3. The number of amides is 1. The first-order valence-electron chi connectivity index (χ1n) is 9.78. The molecular formula is C21H28N4O3. The Morgan fingerprint density at radius 2 is 1.82 bits per heavy atom. The Morgan fingerprint density at radius 1 is 1.07 bits per heavy atom. The minimum absolute atomic E-state index is 0.00718. The van der Waals surface area contributed by atoms with Gasteiger partial charge in [0.15, 0.2) is 11.5 Å². The first kappa shape index (κ1) is 19.9. The molecule has 2 heterocycles. The van der Waals surface area contributed by atoms with Gasteiger partial charge in [0, 0.05) is 25.8 Å². The fourth-order valence-corrected chi connectivity index (χ4v) is 3.35. The summed E-state index contributed by atoms with van der Waals surface area (Å²) < 4.78 is 10.6. The second-order valence-corrected chi connectivity index (χ2v) is 6.84. The molecule has 1 aliphatic rings. The van der Waals surface area contributed by atoms with Crippen molar-refractivity contribution in [2.75, 3.05) is 39.2 Å². The van der Waals surface area contributed by atoms with Crippen molar-refractivity contribution in [3.05, 3.63) is 41.7 Å². The number of hydrogen-bond donors (Lipinski definition) is 1. The van der Waals surface area contributed by atoms with E-state index in [1.165, 1.54) is 12.8 Å². The van der Waals surface area contributed by atoms with Crippen molar-refractivity contribution in [2.24, 2.45) is 0 Å². The molecule has 1 aliphatic heterocycles. The van der Waals surface area contributed by atoms with Crippen molar-refractivity contribution in [2.45, 2.75) is 32.1 Å². The molecule has 2 aromatic rings. The number of methoxy groups -OCH3 is 2. The van der Waals surface area contributed by atoms with Crippen LogP contribution in [0.15, 0.2) is 30.5 Å². The summed E-state index contributed by atoms with van der Waals surface area (Å²) in [5.74, 6) is 1.89. The van der Waals surface area contributed by atoms with Crippen molar-refractivity contribution >= 4 is 11.9 Å². The maximum Gasteiger partial charge on any atom is 0.272 e. The van der Waals surface area contributed by atoms with E-state index in [0.29, 0.717) is 29.7 Å². The van der Waals surface area contributed by atoms with Crippen LogP contribution in [-0.4, -0.2) is 54.6 Å². The Hall–Kier alpha value is -2.83. The summed E-state index contributed by atoms with van der Waals surface area (Å²) >= 11 is 0. The topological polar surface area (TPSA) is 76.6 Å². The molecule has 1 fully saturated rings. The van der Waals surface area contributed by atoms with Crippen LogP contribution in [0.2, 0.25) is 0 Å². The first-order chi connectivity index (χ1) is 13.7. The minimum atomic E-state index is -0.00718. The van der Waals surface area contributed by atoms with E-state index in [9.17, 15) is 4.79 Å². The molecule has 150 valence electrons. The first-order valence-corrected chi connectivity index (χ1v) is 9.78. The van der Waals surface area contributed by atoms with Crippen molar-refractivity contribution in [1.82, 2.24) is 14.9 Å². The molecule has 1 saturated heterocycles. The molecule has 1 aromatic carbocycles. The van der Waals surface area contributed by atoms with Crippen molar-refractivity contribution in [3.8, 4) is 11.5 Å². The summed E-state index contributed by atoms with van der Waals surface area (Å²) in [6.45, 7) is 2.27. The summed E-state index contributed by atoms with van der Waals surface area (Å²) in [6.07, 6.45) is 6.92. The molecule has 0 unspecified atom stereocenters. The number of likely N-dealkylation sites (tertiary alicyclic amines) is 1. The molecule has 0 radical (unpaired) electrons. The standard InChI is InChI=1S/C21H28N4O3/c1-27-18-8-7-16(15-19(18)28-2)9-11-22-21-23-12-10-17(24-21)20(26)25-13-5-3-4-6-14-25/h7-8,10,12,15H,3-6,9,11,13-14H2,1-2H3,(H,22,23,24). The van der Waals surface area contributed by atoms with Gasteiger partial charge in [0.2, 0.25) is 5.95 Å². The van der Waals surface area contributed by atoms with Gasteiger partial charge in [-0.3, -0.25) is 4.79 Å². The highest BCUT2D eigenvalue weighted by atomic mass is 16.5. The lowest BCUT2D eigenvalue weighted by Gasteiger charge is -2.19. The largest absolute Gasteiger partial charge is 0.493 e. The second-order valence-electron chi connectivity index (χ2n) is 6.84. The van der Waals surface area contributed by atoms with Gasteiger partial charge in [0.05, 0.1) is 14.2 Å². The molecule has 0 spiro atoms. The number of hydrogen-bond acceptors (Lipinski definition) is 6. The molecule has 0 atom stereocenters. The van der Waals surface area contributed by atoms with Crippen LogP contribution >= 0.6 is 0 Å². The number of aromatic nitrogens is 2. The fourth-order valence-electron chi connectivity index (χ4n) is 3.35. The summed E-state index contributed by atoms with van der Waals surface area (Å²) in [5.41, 5.74) is 1.56. The molecule has 1 N–H and O–H groups in total. The summed E-state index contributed by atoms with van der Waals surface area (Å²) in [6, 6.07) is 7.54. The van der Waals surface area contributed by atoms with Crippen LogP contribution in [0.1, 0.15) is 41.7 Å². The average Bonchev–Trinajstić information content (AvgIpc) is 3.03. The van der Waals surface area contributed by atoms with Gasteiger partial charge in [-0.2, -0.15) is 0 Å². The lowest BCUT2D eigenvalue weighted by molar-refractivity contribution is 0.0755. The average molecular weight is 384 g/mol. The summed E-state index contributed by atoms with van der Waals surface area (Å²) in [5, 5.41) is 3.20. The molecular weight excluding hydrogens is 356 g/mol. The Kier molecular flexibility index (Phi) is 7.06. The van der Waals surface area contributed by atoms with E-state index in [-0.39, 0.29) is 5.91 Å². The van der Waals surface area contributed by atoms with Gasteiger partial charge in [-0.1, -0.05) is 18.9 Å². The second kappa shape index (κ2) is 9.92. The van der Waals surface area contributed by atoms with E-state index in [1.807, 2.05) is 23.1 Å². The zero-order valence-corrected chi connectivity index (χ0v) is 16.6. The maximum absolute atomic E-state index is 12.7. The number of ether oxygens (including phenoxy) is 2. The van der Waals surface area contributed by atoms with Crippen LogP contribution in [-0.2, 0) is 6.42 Å².